The molecular weight excluding hydrogens is 296 g/mol. The summed E-state index contributed by atoms with van der Waals surface area (Å²) in [5.74, 6) is 3.14. The Kier molecular flexibility index (Phi) is 5.23. The van der Waals surface area contributed by atoms with E-state index in [9.17, 15) is 0 Å². The highest BCUT2D eigenvalue weighted by Crippen LogP contribution is 2.33. The second-order valence-electron chi connectivity index (χ2n) is 4.58. The van der Waals surface area contributed by atoms with Crippen LogP contribution in [0.25, 0.3) is 0 Å². The van der Waals surface area contributed by atoms with Crippen LogP contribution in [0.4, 0.5) is 0 Å². The predicted molar refractivity (Wildman–Crippen MR) is 78.0 cm³/mol. The van der Waals surface area contributed by atoms with E-state index < -0.39 is 0 Å². The number of ether oxygens (including phenoxy) is 1. The van der Waals surface area contributed by atoms with Crippen LogP contribution in [0.5, 0.6) is 5.75 Å². The van der Waals surface area contributed by atoms with Crippen molar-refractivity contribution in [2.45, 2.75) is 37.0 Å². The molecule has 0 spiro atoms. The van der Waals surface area contributed by atoms with Crippen LogP contribution in [0.15, 0.2) is 27.6 Å². The monoisotopic (exact) mass is 314 g/mol. The lowest BCUT2D eigenvalue weighted by Crippen LogP contribution is -1.94. The SMILES string of the molecule is COc1ccc(SCCC2CCCC2)cc1Br. The first-order valence-corrected chi connectivity index (χ1v) is 8.04. The van der Waals surface area contributed by atoms with Crippen molar-refractivity contribution < 1.29 is 4.74 Å². The van der Waals surface area contributed by atoms with E-state index in [0.29, 0.717) is 0 Å². The fraction of sp³-hybridized carbons (Fsp3) is 0.571. The van der Waals surface area contributed by atoms with Gasteiger partial charge in [0.1, 0.15) is 5.75 Å². The maximum atomic E-state index is 5.23. The van der Waals surface area contributed by atoms with E-state index in [2.05, 4.69) is 28.1 Å². The average molecular weight is 315 g/mol. The third kappa shape index (κ3) is 3.92. The molecule has 1 fully saturated rings. The highest BCUT2D eigenvalue weighted by Gasteiger charge is 2.14. The van der Waals surface area contributed by atoms with E-state index in [-0.39, 0.29) is 0 Å². The summed E-state index contributed by atoms with van der Waals surface area (Å²) >= 11 is 5.48. The number of hydrogen-bond donors (Lipinski definition) is 0. The quantitative estimate of drug-likeness (QED) is 0.697. The summed E-state index contributed by atoms with van der Waals surface area (Å²) < 4.78 is 6.28. The minimum absolute atomic E-state index is 0.908. The standard InChI is InChI=1S/C14H19BrOS/c1-16-14-7-6-12(10-13(14)15)17-9-8-11-4-2-3-5-11/h6-7,10-11H,2-5,8-9H2,1H3. The molecule has 2 rings (SSSR count). The zero-order valence-corrected chi connectivity index (χ0v) is 12.6. The van der Waals surface area contributed by atoms with Crippen LogP contribution in [0.1, 0.15) is 32.1 Å². The Morgan fingerprint density at radius 1 is 1.35 bits per heavy atom. The van der Waals surface area contributed by atoms with Crippen molar-refractivity contribution in [3.05, 3.63) is 22.7 Å². The molecule has 0 radical (unpaired) electrons. The first kappa shape index (κ1) is 13.3. The van der Waals surface area contributed by atoms with Gasteiger partial charge in [-0.25, -0.2) is 0 Å². The Morgan fingerprint density at radius 3 is 2.76 bits per heavy atom. The molecule has 0 atom stereocenters. The molecule has 0 heterocycles. The molecule has 0 amide bonds. The minimum Gasteiger partial charge on any atom is -0.496 e. The van der Waals surface area contributed by atoms with Gasteiger partial charge < -0.3 is 4.74 Å². The zero-order valence-electron chi connectivity index (χ0n) is 10.2. The van der Waals surface area contributed by atoms with Gasteiger partial charge in [-0.15, -0.1) is 11.8 Å². The number of hydrogen-bond acceptors (Lipinski definition) is 2. The first-order chi connectivity index (χ1) is 8.29. The van der Waals surface area contributed by atoms with E-state index >= 15 is 0 Å². The van der Waals surface area contributed by atoms with Crippen molar-refractivity contribution >= 4 is 27.7 Å². The van der Waals surface area contributed by atoms with Gasteiger partial charge in [0, 0.05) is 4.90 Å². The lowest BCUT2D eigenvalue weighted by atomic mass is 10.1. The first-order valence-electron chi connectivity index (χ1n) is 6.26. The molecular formula is C14H19BrOS. The molecule has 17 heavy (non-hydrogen) atoms. The smallest absolute Gasteiger partial charge is 0.133 e. The third-order valence-electron chi connectivity index (χ3n) is 3.39. The number of thioether (sulfide) groups is 1. The normalized spacial score (nSPS) is 16.4. The van der Waals surface area contributed by atoms with Crippen LogP contribution in [0, 0.1) is 5.92 Å². The Balaban J connectivity index is 1.80. The van der Waals surface area contributed by atoms with Crippen molar-refractivity contribution in [2.24, 2.45) is 5.92 Å². The summed E-state index contributed by atoms with van der Waals surface area (Å²) in [6, 6.07) is 6.32. The Labute approximate surface area is 116 Å². The van der Waals surface area contributed by atoms with Gasteiger partial charge in [-0.1, -0.05) is 25.7 Å². The topological polar surface area (TPSA) is 9.23 Å². The van der Waals surface area contributed by atoms with Crippen LogP contribution in [0.3, 0.4) is 0 Å². The van der Waals surface area contributed by atoms with Crippen molar-refractivity contribution in [1.29, 1.82) is 0 Å². The van der Waals surface area contributed by atoms with Crippen LogP contribution < -0.4 is 4.74 Å². The maximum absolute atomic E-state index is 5.23. The molecule has 0 aliphatic heterocycles. The fourth-order valence-corrected chi connectivity index (χ4v) is 4.12. The Bertz CT molecular complexity index is 361. The summed E-state index contributed by atoms with van der Waals surface area (Å²) in [5, 5.41) is 0. The van der Waals surface area contributed by atoms with E-state index in [0.717, 1.165) is 16.1 Å². The third-order valence-corrected chi connectivity index (χ3v) is 5.04. The average Bonchev–Trinajstić information content (AvgIpc) is 2.82. The largest absolute Gasteiger partial charge is 0.496 e. The Hall–Kier alpha value is -0.150. The summed E-state index contributed by atoms with van der Waals surface area (Å²) in [6.07, 6.45) is 7.17. The summed E-state index contributed by atoms with van der Waals surface area (Å²) in [6.45, 7) is 0. The van der Waals surface area contributed by atoms with Crippen LogP contribution in [-0.2, 0) is 0 Å². The van der Waals surface area contributed by atoms with Crippen molar-refractivity contribution in [1.82, 2.24) is 0 Å². The van der Waals surface area contributed by atoms with Gasteiger partial charge in [-0.05, 0) is 52.2 Å². The molecule has 94 valence electrons. The minimum atomic E-state index is 0.908. The van der Waals surface area contributed by atoms with Crippen LogP contribution >= 0.6 is 27.7 Å². The molecule has 0 N–H and O–H groups in total. The van der Waals surface area contributed by atoms with Gasteiger partial charge in [0.15, 0.2) is 0 Å². The van der Waals surface area contributed by atoms with Crippen molar-refractivity contribution in [2.75, 3.05) is 12.9 Å². The summed E-state index contributed by atoms with van der Waals surface area (Å²) in [5.41, 5.74) is 0. The van der Waals surface area contributed by atoms with Gasteiger partial charge in [-0.2, -0.15) is 0 Å². The summed E-state index contributed by atoms with van der Waals surface area (Å²) in [4.78, 5) is 1.33. The fourth-order valence-electron chi connectivity index (χ4n) is 2.38. The molecule has 0 unspecified atom stereocenters. The van der Waals surface area contributed by atoms with Gasteiger partial charge in [0.05, 0.1) is 11.6 Å². The molecule has 1 nitrogen and oxygen atoms in total. The zero-order chi connectivity index (χ0) is 12.1. The number of benzene rings is 1. The molecule has 0 bridgehead atoms. The van der Waals surface area contributed by atoms with Gasteiger partial charge in [0.2, 0.25) is 0 Å². The second kappa shape index (κ2) is 6.69. The molecule has 1 aromatic rings. The van der Waals surface area contributed by atoms with E-state index in [1.807, 2.05) is 17.8 Å². The van der Waals surface area contributed by atoms with E-state index in [4.69, 9.17) is 4.74 Å². The molecule has 1 aliphatic carbocycles. The van der Waals surface area contributed by atoms with E-state index in [1.165, 1.54) is 42.8 Å². The molecule has 0 aromatic heterocycles. The highest BCUT2D eigenvalue weighted by molar-refractivity contribution is 9.10. The highest BCUT2D eigenvalue weighted by atomic mass is 79.9. The lowest BCUT2D eigenvalue weighted by Gasteiger charge is -2.09. The van der Waals surface area contributed by atoms with Gasteiger partial charge >= 0.3 is 0 Å². The van der Waals surface area contributed by atoms with Crippen LogP contribution in [0.2, 0.25) is 0 Å². The molecule has 3 heteroatoms. The molecule has 1 aliphatic rings. The predicted octanol–water partition coefficient (Wildman–Crippen LogP) is 5.13. The number of rotatable bonds is 5. The van der Waals surface area contributed by atoms with Gasteiger partial charge in [-0.3, -0.25) is 0 Å². The van der Waals surface area contributed by atoms with Gasteiger partial charge in [0.25, 0.3) is 0 Å². The molecule has 1 saturated carbocycles. The maximum Gasteiger partial charge on any atom is 0.133 e. The molecule has 0 saturated heterocycles. The lowest BCUT2D eigenvalue weighted by molar-refractivity contribution is 0.412. The van der Waals surface area contributed by atoms with Crippen LogP contribution in [-0.4, -0.2) is 12.9 Å². The van der Waals surface area contributed by atoms with Crippen molar-refractivity contribution in [3.63, 3.8) is 0 Å². The van der Waals surface area contributed by atoms with Crippen molar-refractivity contribution in [3.8, 4) is 5.75 Å². The number of methoxy groups -OCH3 is 1. The number of halogens is 1. The van der Waals surface area contributed by atoms with E-state index in [1.54, 1.807) is 7.11 Å². The molecule has 1 aromatic carbocycles. The Morgan fingerprint density at radius 2 is 2.12 bits per heavy atom. The summed E-state index contributed by atoms with van der Waals surface area (Å²) in [7, 11) is 1.70. The second-order valence-corrected chi connectivity index (χ2v) is 6.61.